The summed E-state index contributed by atoms with van der Waals surface area (Å²) in [6.45, 7) is 1.53. The van der Waals surface area contributed by atoms with Gasteiger partial charge in [0.25, 0.3) is 11.2 Å². The van der Waals surface area contributed by atoms with Crippen LogP contribution in [0.5, 0.6) is 0 Å². The summed E-state index contributed by atoms with van der Waals surface area (Å²) in [6, 6.07) is 5.51. The van der Waals surface area contributed by atoms with Gasteiger partial charge in [0.05, 0.1) is 10.6 Å². The molecule has 0 atom stereocenters. The molecule has 122 valence electrons. The van der Waals surface area contributed by atoms with Crippen LogP contribution in [0.1, 0.15) is 11.3 Å². The molecule has 0 amide bonds. The van der Waals surface area contributed by atoms with E-state index in [1.54, 1.807) is 0 Å². The van der Waals surface area contributed by atoms with Gasteiger partial charge in [-0.2, -0.15) is 0 Å². The SMILES string of the molecule is Cc1nc(NS(=O)(=O)Cc2ccccc2[N+](=O)[O-])[nH]c(=O)c1Br. The first-order valence-electron chi connectivity index (χ1n) is 6.19. The van der Waals surface area contributed by atoms with Gasteiger partial charge >= 0.3 is 0 Å². The summed E-state index contributed by atoms with van der Waals surface area (Å²) in [6.07, 6.45) is 0. The second-order valence-corrected chi connectivity index (χ2v) is 7.08. The maximum atomic E-state index is 12.1. The minimum Gasteiger partial charge on any atom is -0.291 e. The number of aromatic nitrogens is 2. The number of rotatable bonds is 5. The van der Waals surface area contributed by atoms with Gasteiger partial charge in [0, 0.05) is 11.6 Å². The minimum absolute atomic E-state index is 0.0289. The summed E-state index contributed by atoms with van der Waals surface area (Å²) in [7, 11) is -3.99. The van der Waals surface area contributed by atoms with Crippen LogP contribution in [0.3, 0.4) is 0 Å². The van der Waals surface area contributed by atoms with Crippen molar-refractivity contribution < 1.29 is 13.3 Å². The molecule has 1 aromatic carbocycles. The van der Waals surface area contributed by atoms with E-state index in [1.165, 1.54) is 31.2 Å². The average molecular weight is 403 g/mol. The number of nitrogens with zero attached hydrogens (tertiary/aromatic N) is 2. The lowest BCUT2D eigenvalue weighted by molar-refractivity contribution is -0.385. The fourth-order valence-electron chi connectivity index (χ4n) is 1.82. The summed E-state index contributed by atoms with van der Waals surface area (Å²) >= 11 is 3.01. The van der Waals surface area contributed by atoms with Gasteiger partial charge in [0.15, 0.2) is 0 Å². The zero-order chi connectivity index (χ0) is 17.2. The maximum absolute atomic E-state index is 12.1. The first-order valence-corrected chi connectivity index (χ1v) is 8.63. The molecule has 0 aliphatic rings. The van der Waals surface area contributed by atoms with Crippen LogP contribution >= 0.6 is 15.9 Å². The quantitative estimate of drug-likeness (QED) is 0.576. The van der Waals surface area contributed by atoms with E-state index in [2.05, 4.69) is 30.6 Å². The van der Waals surface area contributed by atoms with Gasteiger partial charge in [-0.3, -0.25) is 24.6 Å². The van der Waals surface area contributed by atoms with Crippen LogP contribution in [0.2, 0.25) is 0 Å². The van der Waals surface area contributed by atoms with Gasteiger partial charge in [-0.05, 0) is 22.9 Å². The highest BCUT2D eigenvalue weighted by Gasteiger charge is 2.20. The van der Waals surface area contributed by atoms with Crippen LogP contribution in [-0.4, -0.2) is 23.3 Å². The van der Waals surface area contributed by atoms with E-state index in [1.807, 2.05) is 0 Å². The number of nitrogens with one attached hydrogen (secondary N) is 2. The van der Waals surface area contributed by atoms with E-state index < -0.39 is 26.3 Å². The highest BCUT2D eigenvalue weighted by Crippen LogP contribution is 2.20. The maximum Gasteiger partial charge on any atom is 0.273 e. The number of para-hydroxylation sites is 1. The van der Waals surface area contributed by atoms with E-state index in [4.69, 9.17) is 0 Å². The van der Waals surface area contributed by atoms with Crippen molar-refractivity contribution in [1.82, 2.24) is 9.97 Å². The third kappa shape index (κ3) is 4.13. The highest BCUT2D eigenvalue weighted by atomic mass is 79.9. The first-order chi connectivity index (χ1) is 10.7. The number of aromatic amines is 1. The van der Waals surface area contributed by atoms with Gasteiger partial charge in [0.1, 0.15) is 10.2 Å². The molecule has 0 unspecified atom stereocenters. The van der Waals surface area contributed by atoms with E-state index in [0.717, 1.165) is 0 Å². The highest BCUT2D eigenvalue weighted by molar-refractivity contribution is 9.10. The standard InChI is InChI=1S/C12H11BrN4O5S/c1-7-10(13)11(18)15-12(14-7)16-23(21,22)6-8-4-2-3-5-9(8)17(19)20/h2-5H,6H2,1H3,(H2,14,15,16,18). The monoisotopic (exact) mass is 402 g/mol. The van der Waals surface area contributed by atoms with Crippen molar-refractivity contribution in [3.8, 4) is 0 Å². The van der Waals surface area contributed by atoms with Crippen molar-refractivity contribution in [3.05, 3.63) is 60.5 Å². The van der Waals surface area contributed by atoms with Gasteiger partial charge < -0.3 is 0 Å². The molecule has 0 bridgehead atoms. The number of sulfonamides is 1. The number of hydrogen-bond acceptors (Lipinski definition) is 6. The number of halogens is 1. The summed E-state index contributed by atoms with van der Waals surface area (Å²) in [5.41, 5.74) is -0.509. The van der Waals surface area contributed by atoms with Crippen LogP contribution < -0.4 is 10.3 Å². The topological polar surface area (TPSA) is 135 Å². The molecule has 9 nitrogen and oxygen atoms in total. The molecule has 0 aliphatic carbocycles. The molecule has 0 radical (unpaired) electrons. The molecule has 1 heterocycles. The first kappa shape index (κ1) is 17.1. The van der Waals surface area contributed by atoms with Crippen LogP contribution in [0.25, 0.3) is 0 Å². The van der Waals surface area contributed by atoms with E-state index in [0.29, 0.717) is 5.69 Å². The van der Waals surface area contributed by atoms with Crippen molar-refractivity contribution in [2.45, 2.75) is 12.7 Å². The zero-order valence-electron chi connectivity index (χ0n) is 11.7. The molecule has 0 saturated heterocycles. The Morgan fingerprint density at radius 3 is 2.65 bits per heavy atom. The smallest absolute Gasteiger partial charge is 0.273 e. The van der Waals surface area contributed by atoms with Crippen molar-refractivity contribution in [3.63, 3.8) is 0 Å². The fourth-order valence-corrected chi connectivity index (χ4v) is 3.12. The van der Waals surface area contributed by atoms with Gasteiger partial charge in [-0.1, -0.05) is 18.2 Å². The molecule has 0 aliphatic heterocycles. The van der Waals surface area contributed by atoms with Gasteiger partial charge in [-0.15, -0.1) is 0 Å². The number of H-pyrrole nitrogens is 1. The Morgan fingerprint density at radius 1 is 1.39 bits per heavy atom. The van der Waals surface area contributed by atoms with E-state index >= 15 is 0 Å². The number of anilines is 1. The Labute approximate surface area is 139 Å². The molecule has 0 fully saturated rings. The summed E-state index contributed by atoms with van der Waals surface area (Å²) in [5, 5.41) is 10.9. The summed E-state index contributed by atoms with van der Waals surface area (Å²) in [4.78, 5) is 28.0. The molecule has 1 aromatic heterocycles. The van der Waals surface area contributed by atoms with E-state index in [-0.39, 0.29) is 21.7 Å². The Hall–Kier alpha value is -2.27. The van der Waals surface area contributed by atoms with Gasteiger partial charge in [-0.25, -0.2) is 13.4 Å². The van der Waals surface area contributed by atoms with Crippen LogP contribution in [0.4, 0.5) is 11.6 Å². The molecule has 0 spiro atoms. The number of nitro benzene ring substituents is 1. The predicted octanol–water partition coefficient (Wildman–Crippen LogP) is 1.69. The minimum atomic E-state index is -3.99. The Balaban J connectivity index is 2.31. The lowest BCUT2D eigenvalue weighted by atomic mass is 10.2. The predicted molar refractivity (Wildman–Crippen MR) is 86.6 cm³/mol. The molecule has 0 saturated carbocycles. The zero-order valence-corrected chi connectivity index (χ0v) is 14.1. The van der Waals surface area contributed by atoms with Crippen molar-refractivity contribution in [1.29, 1.82) is 0 Å². The molecule has 2 rings (SSSR count). The van der Waals surface area contributed by atoms with Crippen molar-refractivity contribution in [2.24, 2.45) is 0 Å². The normalized spacial score (nSPS) is 11.2. The molecule has 2 aromatic rings. The second-order valence-electron chi connectivity index (χ2n) is 4.56. The second kappa shape index (κ2) is 6.46. The summed E-state index contributed by atoms with van der Waals surface area (Å²) in [5.74, 6) is -0.877. The molecule has 2 N–H and O–H groups in total. The average Bonchev–Trinajstić information content (AvgIpc) is 2.44. The molecular weight excluding hydrogens is 392 g/mol. The van der Waals surface area contributed by atoms with Crippen LogP contribution in [-0.2, 0) is 15.8 Å². The van der Waals surface area contributed by atoms with Crippen LogP contribution in [0, 0.1) is 17.0 Å². The molecule has 23 heavy (non-hydrogen) atoms. The number of aryl methyl sites for hydroxylation is 1. The molecular formula is C12H11BrN4O5S. The summed E-state index contributed by atoms with van der Waals surface area (Å²) < 4.78 is 26.6. The number of hydrogen-bond donors (Lipinski definition) is 2. The van der Waals surface area contributed by atoms with Gasteiger partial charge in [0.2, 0.25) is 16.0 Å². The van der Waals surface area contributed by atoms with Crippen LogP contribution in [0.15, 0.2) is 33.5 Å². The Morgan fingerprint density at radius 2 is 2.04 bits per heavy atom. The third-order valence-corrected chi connectivity index (χ3v) is 4.94. The number of nitro groups is 1. The lowest BCUT2D eigenvalue weighted by Gasteiger charge is -2.08. The molecule has 11 heteroatoms. The number of benzene rings is 1. The Bertz CT molecular complexity index is 925. The Kier molecular flexibility index (Phi) is 4.80. The third-order valence-electron chi connectivity index (χ3n) is 2.81. The lowest BCUT2D eigenvalue weighted by Crippen LogP contribution is -2.21. The largest absolute Gasteiger partial charge is 0.291 e. The van der Waals surface area contributed by atoms with E-state index in [9.17, 15) is 23.3 Å². The van der Waals surface area contributed by atoms with Crippen molar-refractivity contribution >= 4 is 37.6 Å². The fraction of sp³-hybridized carbons (Fsp3) is 0.167. The van der Waals surface area contributed by atoms with Crippen molar-refractivity contribution in [2.75, 3.05) is 4.72 Å².